The van der Waals surface area contributed by atoms with Crippen molar-refractivity contribution in [2.75, 3.05) is 5.32 Å². The molecule has 1 fully saturated rings. The van der Waals surface area contributed by atoms with E-state index in [1.165, 1.54) is 11.8 Å². The van der Waals surface area contributed by atoms with E-state index in [2.05, 4.69) is 15.6 Å². The van der Waals surface area contributed by atoms with E-state index in [1.54, 1.807) is 36.4 Å². The molecule has 1 atom stereocenters. The van der Waals surface area contributed by atoms with Gasteiger partial charge in [0, 0.05) is 17.1 Å². The first-order chi connectivity index (χ1) is 11.6. The van der Waals surface area contributed by atoms with Crippen molar-refractivity contribution >= 4 is 51.7 Å². The summed E-state index contributed by atoms with van der Waals surface area (Å²) in [5, 5.41) is 6.09. The van der Waals surface area contributed by atoms with E-state index in [-0.39, 0.29) is 18.2 Å². The van der Waals surface area contributed by atoms with Crippen LogP contribution in [0.2, 0.25) is 5.02 Å². The summed E-state index contributed by atoms with van der Waals surface area (Å²) in [5.74, 6) is -0.419. The van der Waals surface area contributed by atoms with Gasteiger partial charge in [0.1, 0.15) is 5.25 Å². The quantitative estimate of drug-likeness (QED) is 0.876. The Kier molecular flexibility index (Phi) is 5.17. The van der Waals surface area contributed by atoms with Crippen LogP contribution in [0.25, 0.3) is 0 Å². The van der Waals surface area contributed by atoms with Crippen molar-refractivity contribution in [1.29, 1.82) is 0 Å². The molecule has 0 bridgehead atoms. The lowest BCUT2D eigenvalue weighted by Gasteiger charge is -2.07. The second-order valence-electron chi connectivity index (χ2n) is 5.11. The predicted octanol–water partition coefficient (Wildman–Crippen LogP) is 3.59. The first-order valence-electron chi connectivity index (χ1n) is 7.27. The zero-order valence-electron chi connectivity index (χ0n) is 12.5. The number of rotatable bonds is 4. The topological polar surface area (TPSA) is 70.6 Å². The van der Waals surface area contributed by atoms with Gasteiger partial charge in [0.15, 0.2) is 5.17 Å². The predicted molar refractivity (Wildman–Crippen MR) is 97.8 cm³/mol. The van der Waals surface area contributed by atoms with Gasteiger partial charge in [-0.1, -0.05) is 41.6 Å². The van der Waals surface area contributed by atoms with E-state index in [1.807, 2.05) is 18.2 Å². The number of carbonyl (C=O) groups is 2. The summed E-state index contributed by atoms with van der Waals surface area (Å²) < 4.78 is 0. The number of amidine groups is 1. The van der Waals surface area contributed by atoms with Crippen LogP contribution in [0.1, 0.15) is 6.42 Å². The SMILES string of the molecule is O=C(C[C@H]1SC(=Nc2ccc(Cl)cc2)NC1=O)Nc1ccccc1. The lowest BCUT2D eigenvalue weighted by molar-refractivity contribution is -0.122. The summed E-state index contributed by atoms with van der Waals surface area (Å²) in [6.45, 7) is 0. The number of thioether (sulfide) groups is 1. The standard InChI is InChI=1S/C17H14ClN3O2S/c18-11-6-8-13(9-7-11)20-17-21-16(23)14(24-17)10-15(22)19-12-4-2-1-3-5-12/h1-9,14H,10H2,(H,19,22)(H,20,21,23)/t14-/m1/s1. The molecule has 0 saturated carbocycles. The summed E-state index contributed by atoms with van der Waals surface area (Å²) in [7, 11) is 0. The van der Waals surface area contributed by atoms with E-state index in [0.29, 0.717) is 21.6 Å². The highest BCUT2D eigenvalue weighted by molar-refractivity contribution is 8.15. The van der Waals surface area contributed by atoms with Crippen LogP contribution in [0.5, 0.6) is 0 Å². The Morgan fingerprint density at radius 3 is 2.58 bits per heavy atom. The van der Waals surface area contributed by atoms with Crippen LogP contribution in [-0.4, -0.2) is 22.2 Å². The zero-order valence-corrected chi connectivity index (χ0v) is 14.1. The van der Waals surface area contributed by atoms with Crippen LogP contribution in [0.4, 0.5) is 11.4 Å². The maximum absolute atomic E-state index is 12.1. The minimum absolute atomic E-state index is 0.0883. The molecule has 0 aliphatic carbocycles. The van der Waals surface area contributed by atoms with Crippen molar-refractivity contribution in [3.05, 3.63) is 59.6 Å². The van der Waals surface area contributed by atoms with Crippen LogP contribution >= 0.6 is 23.4 Å². The van der Waals surface area contributed by atoms with Gasteiger partial charge in [-0.15, -0.1) is 0 Å². The van der Waals surface area contributed by atoms with Crippen LogP contribution in [0.15, 0.2) is 59.6 Å². The Morgan fingerprint density at radius 2 is 1.88 bits per heavy atom. The molecule has 24 heavy (non-hydrogen) atoms. The molecule has 2 N–H and O–H groups in total. The van der Waals surface area contributed by atoms with Gasteiger partial charge in [0.05, 0.1) is 5.69 Å². The number of amides is 2. The molecule has 7 heteroatoms. The lowest BCUT2D eigenvalue weighted by Crippen LogP contribution is -2.28. The Bertz CT molecular complexity index is 778. The van der Waals surface area contributed by atoms with Crippen LogP contribution in [0, 0.1) is 0 Å². The molecule has 2 aromatic rings. The van der Waals surface area contributed by atoms with Crippen LogP contribution < -0.4 is 10.6 Å². The van der Waals surface area contributed by atoms with Crippen molar-refractivity contribution in [2.24, 2.45) is 4.99 Å². The average Bonchev–Trinajstić information content (AvgIpc) is 2.90. The van der Waals surface area contributed by atoms with Gasteiger partial charge in [-0.3, -0.25) is 9.59 Å². The fraction of sp³-hybridized carbons (Fsp3) is 0.118. The minimum Gasteiger partial charge on any atom is -0.326 e. The summed E-state index contributed by atoms with van der Waals surface area (Å²) >= 11 is 7.08. The smallest absolute Gasteiger partial charge is 0.240 e. The number of hydrogen-bond donors (Lipinski definition) is 2. The van der Waals surface area contributed by atoms with Crippen molar-refractivity contribution in [2.45, 2.75) is 11.7 Å². The second kappa shape index (κ2) is 7.51. The maximum atomic E-state index is 12.1. The Hall–Kier alpha value is -2.31. The number of carbonyl (C=O) groups excluding carboxylic acids is 2. The number of benzene rings is 2. The summed E-state index contributed by atoms with van der Waals surface area (Å²) in [6, 6.07) is 16.1. The molecule has 1 aliphatic rings. The molecular formula is C17H14ClN3O2S. The van der Waals surface area contributed by atoms with E-state index in [9.17, 15) is 9.59 Å². The van der Waals surface area contributed by atoms with Gasteiger partial charge in [-0.05, 0) is 36.4 Å². The molecule has 0 aromatic heterocycles. The molecule has 1 aliphatic heterocycles. The number of halogens is 1. The lowest BCUT2D eigenvalue weighted by atomic mass is 10.2. The molecule has 3 rings (SSSR count). The van der Waals surface area contributed by atoms with Crippen molar-refractivity contribution in [1.82, 2.24) is 5.32 Å². The van der Waals surface area contributed by atoms with Crippen LogP contribution in [-0.2, 0) is 9.59 Å². The molecule has 122 valence electrons. The average molecular weight is 360 g/mol. The van der Waals surface area contributed by atoms with Gasteiger partial charge in [0.25, 0.3) is 0 Å². The van der Waals surface area contributed by atoms with E-state index in [4.69, 9.17) is 11.6 Å². The van der Waals surface area contributed by atoms with Crippen molar-refractivity contribution in [3.63, 3.8) is 0 Å². The van der Waals surface area contributed by atoms with Gasteiger partial charge in [-0.25, -0.2) is 4.99 Å². The van der Waals surface area contributed by atoms with Gasteiger partial charge < -0.3 is 10.6 Å². The number of nitrogens with zero attached hydrogens (tertiary/aromatic N) is 1. The van der Waals surface area contributed by atoms with E-state index in [0.717, 1.165) is 0 Å². The Morgan fingerprint density at radius 1 is 1.17 bits per heavy atom. The number of nitrogens with one attached hydrogen (secondary N) is 2. The minimum atomic E-state index is -0.486. The first kappa shape index (κ1) is 16.5. The second-order valence-corrected chi connectivity index (χ2v) is 6.74. The molecule has 2 amide bonds. The fourth-order valence-electron chi connectivity index (χ4n) is 2.13. The monoisotopic (exact) mass is 359 g/mol. The maximum Gasteiger partial charge on any atom is 0.240 e. The summed E-state index contributed by atoms with van der Waals surface area (Å²) in [6.07, 6.45) is 0.0883. The van der Waals surface area contributed by atoms with Gasteiger partial charge >= 0.3 is 0 Å². The Balaban J connectivity index is 1.60. The molecule has 0 spiro atoms. The van der Waals surface area contributed by atoms with Crippen LogP contribution in [0.3, 0.4) is 0 Å². The Labute approximate surface area is 148 Å². The van der Waals surface area contributed by atoms with Crippen molar-refractivity contribution < 1.29 is 9.59 Å². The normalized spacial score (nSPS) is 18.5. The molecular weight excluding hydrogens is 346 g/mol. The highest BCUT2D eigenvalue weighted by Gasteiger charge is 2.32. The fourth-order valence-corrected chi connectivity index (χ4v) is 3.24. The number of aliphatic imine (C=N–C) groups is 1. The first-order valence-corrected chi connectivity index (χ1v) is 8.52. The summed E-state index contributed by atoms with van der Waals surface area (Å²) in [5.41, 5.74) is 1.40. The third-order valence-corrected chi connectivity index (χ3v) is 4.60. The van der Waals surface area contributed by atoms with Gasteiger partial charge in [0.2, 0.25) is 11.8 Å². The molecule has 0 unspecified atom stereocenters. The number of para-hydroxylation sites is 1. The van der Waals surface area contributed by atoms with Crippen molar-refractivity contribution in [3.8, 4) is 0 Å². The number of hydrogen-bond acceptors (Lipinski definition) is 4. The molecule has 1 heterocycles. The van der Waals surface area contributed by atoms with Gasteiger partial charge in [-0.2, -0.15) is 0 Å². The third-order valence-electron chi connectivity index (χ3n) is 3.26. The highest BCUT2D eigenvalue weighted by atomic mass is 35.5. The molecule has 2 aromatic carbocycles. The van der Waals surface area contributed by atoms with E-state index >= 15 is 0 Å². The largest absolute Gasteiger partial charge is 0.326 e. The molecule has 1 saturated heterocycles. The molecule has 5 nitrogen and oxygen atoms in total. The zero-order chi connectivity index (χ0) is 16.9. The molecule has 0 radical (unpaired) electrons. The summed E-state index contributed by atoms with van der Waals surface area (Å²) in [4.78, 5) is 28.4. The number of anilines is 1. The third kappa shape index (κ3) is 4.37. The highest BCUT2D eigenvalue weighted by Crippen LogP contribution is 2.26. The van der Waals surface area contributed by atoms with E-state index < -0.39 is 5.25 Å².